The third kappa shape index (κ3) is 20.0. The summed E-state index contributed by atoms with van der Waals surface area (Å²) in [6.07, 6.45) is 6.18. The van der Waals surface area contributed by atoms with Gasteiger partial charge in [-0.15, -0.1) is 11.6 Å². The molecule has 328 valence electrons. The van der Waals surface area contributed by atoms with E-state index >= 15 is 0 Å². The molecule has 2 aliphatic rings. The molecule has 16 heteroatoms. The summed E-state index contributed by atoms with van der Waals surface area (Å²) in [7, 11) is 0. The van der Waals surface area contributed by atoms with Crippen molar-refractivity contribution in [3.8, 4) is 0 Å². The monoisotopic (exact) mass is 834 g/mol. The molecule has 4 rings (SSSR count). The molecule has 15 nitrogen and oxygen atoms in total. The van der Waals surface area contributed by atoms with Crippen molar-refractivity contribution >= 4 is 29.5 Å². The number of aromatic nitrogens is 2. The normalized spacial score (nSPS) is 19.4. The third-order valence-corrected chi connectivity index (χ3v) is 9.30. The van der Waals surface area contributed by atoms with Gasteiger partial charge in [-0.1, -0.05) is 13.0 Å². The van der Waals surface area contributed by atoms with Crippen LogP contribution in [-0.4, -0.2) is 158 Å². The molecule has 0 bridgehead atoms. The molecule has 4 atom stereocenters. The number of halogens is 1. The van der Waals surface area contributed by atoms with Gasteiger partial charge in [0.15, 0.2) is 0 Å². The Hall–Kier alpha value is -3.44. The number of hydrogen-bond acceptors (Lipinski definition) is 12. The van der Waals surface area contributed by atoms with Crippen LogP contribution in [0.3, 0.4) is 0 Å². The number of rotatable bonds is 11. The number of piperazine rings is 2. The molecule has 2 unspecified atom stereocenters. The third-order valence-electron chi connectivity index (χ3n) is 8.99. The zero-order valence-corrected chi connectivity index (χ0v) is 37.3. The van der Waals surface area contributed by atoms with Gasteiger partial charge in [0.2, 0.25) is 11.8 Å². The summed E-state index contributed by atoms with van der Waals surface area (Å²) >= 11 is 5.49. The molecule has 2 aliphatic heterocycles. The molecule has 58 heavy (non-hydrogen) atoms. The van der Waals surface area contributed by atoms with Crippen molar-refractivity contribution in [2.75, 3.05) is 58.9 Å². The van der Waals surface area contributed by atoms with E-state index in [0.29, 0.717) is 45.0 Å². The van der Waals surface area contributed by atoms with Crippen LogP contribution in [0, 0.1) is 0 Å². The lowest BCUT2D eigenvalue weighted by Gasteiger charge is -2.42. The Kier molecular flexibility index (Phi) is 21.0. The first-order chi connectivity index (χ1) is 27.0. The largest absolute Gasteiger partial charge is 0.444 e. The lowest BCUT2D eigenvalue weighted by Crippen LogP contribution is -2.63. The highest BCUT2D eigenvalue weighted by atomic mass is 35.5. The fourth-order valence-electron chi connectivity index (χ4n) is 6.14. The van der Waals surface area contributed by atoms with Gasteiger partial charge < -0.3 is 36.2 Å². The second-order valence-corrected chi connectivity index (χ2v) is 18.2. The van der Waals surface area contributed by atoms with Crippen molar-refractivity contribution in [1.29, 1.82) is 0 Å². The molecule has 3 amide bonds. The maximum atomic E-state index is 12.8. The van der Waals surface area contributed by atoms with E-state index in [1.165, 1.54) is 5.56 Å². The maximum absolute atomic E-state index is 12.8. The van der Waals surface area contributed by atoms with Gasteiger partial charge in [-0.2, -0.15) is 0 Å². The summed E-state index contributed by atoms with van der Waals surface area (Å²) in [4.78, 5) is 53.6. The zero-order chi connectivity index (χ0) is 43.7. The van der Waals surface area contributed by atoms with Gasteiger partial charge in [0.25, 0.3) is 0 Å². The Bertz CT molecular complexity index is 1500. The van der Waals surface area contributed by atoms with E-state index in [9.17, 15) is 24.6 Å². The first kappa shape index (κ1) is 50.7. The van der Waals surface area contributed by atoms with Crippen LogP contribution in [0.1, 0.15) is 86.8 Å². The number of hydrogen-bond donors (Lipinski definition) is 5. The number of nitrogens with zero attached hydrogens (tertiary/aromatic N) is 6. The van der Waals surface area contributed by atoms with E-state index in [2.05, 4.69) is 25.5 Å². The first-order valence-electron chi connectivity index (χ1n) is 20.3. The summed E-state index contributed by atoms with van der Waals surface area (Å²) in [5.41, 5.74) is 6.57. The number of carbonyl (C=O) groups excluding carboxylic acids is 3. The Balaban J connectivity index is 0.000000335. The lowest BCUT2D eigenvalue weighted by atomic mass is 10.1. The quantitative estimate of drug-likeness (QED) is 0.208. The Labute approximate surface area is 352 Å². The predicted octanol–water partition coefficient (Wildman–Crippen LogP) is 3.22. The van der Waals surface area contributed by atoms with Crippen LogP contribution in [0.5, 0.6) is 0 Å². The van der Waals surface area contributed by atoms with E-state index in [1.807, 2.05) is 103 Å². The highest BCUT2D eigenvalue weighted by Crippen LogP contribution is 2.18. The topological polar surface area (TPSA) is 190 Å². The number of nitrogens with two attached hydrogens (primary N) is 1. The van der Waals surface area contributed by atoms with Crippen LogP contribution in [-0.2, 0) is 26.8 Å². The highest BCUT2D eigenvalue weighted by Gasteiger charge is 2.38. The minimum absolute atomic E-state index is 0.00357. The lowest BCUT2D eigenvalue weighted by molar-refractivity contribution is -0.132. The molecule has 0 radical (unpaired) electrons. The molecule has 6 N–H and O–H groups in total. The second-order valence-electron chi connectivity index (χ2n) is 18.0. The van der Waals surface area contributed by atoms with Crippen molar-refractivity contribution in [3.05, 3.63) is 60.2 Å². The number of β-amino-alcohol motifs (C(OH)–C–C–N with tert-alkyl or cyclic N) is 2. The molecule has 4 heterocycles. The van der Waals surface area contributed by atoms with Crippen LogP contribution in [0.2, 0.25) is 0 Å². The zero-order valence-electron chi connectivity index (χ0n) is 36.6. The summed E-state index contributed by atoms with van der Waals surface area (Å²) in [6.45, 7) is 24.3. The number of aliphatic hydroxyl groups excluding tert-OH is 2. The smallest absolute Gasteiger partial charge is 0.410 e. The molecule has 2 aromatic rings. The first-order valence-corrected chi connectivity index (χ1v) is 20.8. The van der Waals surface area contributed by atoms with Crippen molar-refractivity contribution < 1.29 is 29.3 Å². The van der Waals surface area contributed by atoms with Crippen LogP contribution in [0.15, 0.2) is 49.1 Å². The van der Waals surface area contributed by atoms with E-state index in [-0.39, 0.29) is 42.0 Å². The van der Waals surface area contributed by atoms with E-state index in [0.717, 1.165) is 25.2 Å². The van der Waals surface area contributed by atoms with Crippen molar-refractivity contribution in [2.24, 2.45) is 5.73 Å². The van der Waals surface area contributed by atoms with Gasteiger partial charge in [-0.3, -0.25) is 34.3 Å². The maximum Gasteiger partial charge on any atom is 0.410 e. The molecule has 2 saturated heterocycles. The number of alkyl halides is 1. The van der Waals surface area contributed by atoms with Crippen molar-refractivity contribution in [1.82, 2.24) is 40.2 Å². The number of carbonyl (C=O) groups is 3. The van der Waals surface area contributed by atoms with E-state index in [1.54, 1.807) is 29.7 Å². The fourth-order valence-corrected chi connectivity index (χ4v) is 6.30. The minimum Gasteiger partial charge on any atom is -0.444 e. The summed E-state index contributed by atoms with van der Waals surface area (Å²) in [6, 6.07) is 7.01. The van der Waals surface area contributed by atoms with Crippen LogP contribution >= 0.6 is 11.6 Å². The average Bonchev–Trinajstić information content (AvgIpc) is 3.14. The number of amides is 3. The molecular weight excluding hydrogens is 762 g/mol. The van der Waals surface area contributed by atoms with Gasteiger partial charge in [0.1, 0.15) is 17.7 Å². The summed E-state index contributed by atoms with van der Waals surface area (Å²) in [5, 5.41) is 26.0. The molecule has 0 aliphatic carbocycles. The van der Waals surface area contributed by atoms with Gasteiger partial charge in [0.05, 0.1) is 12.2 Å². The van der Waals surface area contributed by atoms with Gasteiger partial charge in [0, 0.05) is 107 Å². The molecule has 0 aromatic carbocycles. The van der Waals surface area contributed by atoms with Gasteiger partial charge in [-0.25, -0.2) is 4.79 Å². The average molecular weight is 835 g/mol. The second kappa shape index (κ2) is 24.0. The standard InChI is InChI=1S/C18H31N5O2.C18H35N3O4.C6H6ClN/c1-18(2,3)21-17(25)16-13-22(11-14-4-6-20-7-5-14)8-9-23(16)12-15(24)10-19;1-8-13(22)11-20-9-10-21(16(24)25-18(5,6)7)12-14(20)15(23)19-17(2,3)4;7-4-6-2-1-3-8-5-6/h4-7,15-16,24H,8-13,19H2,1-3H3,(H,21,25);13-14,22H,8-12H2,1-7H3,(H,19,23);1-3,5H,4H2/t15?,16-;13?,14-;/m00./s1. The van der Waals surface area contributed by atoms with Crippen LogP contribution in [0.4, 0.5) is 4.79 Å². The molecule has 0 spiro atoms. The highest BCUT2D eigenvalue weighted by molar-refractivity contribution is 6.17. The molecule has 0 saturated carbocycles. The predicted molar refractivity (Wildman–Crippen MR) is 229 cm³/mol. The van der Waals surface area contributed by atoms with E-state index < -0.39 is 29.9 Å². The Morgan fingerprint density at radius 2 is 1.36 bits per heavy atom. The summed E-state index contributed by atoms with van der Waals surface area (Å²) in [5.74, 6) is 0.411. The van der Waals surface area contributed by atoms with Crippen LogP contribution < -0.4 is 16.4 Å². The minimum atomic E-state index is -0.614. The number of nitrogens with one attached hydrogen (secondary N) is 2. The van der Waals surface area contributed by atoms with Crippen LogP contribution in [0.25, 0.3) is 0 Å². The fraction of sp³-hybridized carbons (Fsp3) is 0.690. The molecular formula is C42H72ClN9O6. The van der Waals surface area contributed by atoms with Gasteiger partial charge >= 0.3 is 6.09 Å². The van der Waals surface area contributed by atoms with Crippen molar-refractivity contribution in [3.63, 3.8) is 0 Å². The molecule has 2 aromatic heterocycles. The number of ether oxygens (including phenoxy) is 1. The Morgan fingerprint density at radius 3 is 1.83 bits per heavy atom. The summed E-state index contributed by atoms with van der Waals surface area (Å²) < 4.78 is 5.43. The number of pyridine rings is 2. The SMILES string of the molecule is CC(C)(C)NC(=O)[C@@H]1CN(Cc2ccncc2)CCN1CC(O)CN.CCC(O)CN1CCN(C(=O)OC(C)(C)C)C[C@H]1C(=O)NC(C)(C)C.ClCc1cccnc1. The van der Waals surface area contributed by atoms with Crippen molar-refractivity contribution in [2.45, 2.75) is 129 Å². The van der Waals surface area contributed by atoms with Gasteiger partial charge in [-0.05, 0) is 98.1 Å². The number of aliphatic hydroxyl groups is 2. The Morgan fingerprint density at radius 1 is 0.810 bits per heavy atom. The molecule has 2 fully saturated rings. The van der Waals surface area contributed by atoms with E-state index in [4.69, 9.17) is 22.1 Å².